The number of halogens is 1. The van der Waals surface area contributed by atoms with Crippen molar-refractivity contribution in [3.05, 3.63) is 53.2 Å². The van der Waals surface area contributed by atoms with Crippen LogP contribution in [0.15, 0.2) is 42.6 Å². The van der Waals surface area contributed by atoms with Crippen LogP contribution in [-0.4, -0.2) is 47.2 Å². The van der Waals surface area contributed by atoms with Crippen molar-refractivity contribution in [3.8, 4) is 0 Å². The number of pyridine rings is 1. The summed E-state index contributed by atoms with van der Waals surface area (Å²) in [6, 6.07) is 11.4. The van der Waals surface area contributed by atoms with E-state index in [-0.39, 0.29) is 35.5 Å². The SMILES string of the molecule is O=C(Nc1ccc(Cl)cn1)C1CCCN(C(=O)C2CCCCC2C(=O)N2CCc3ccccc32)C1. The average Bonchev–Trinajstić information content (AvgIpc) is 3.33. The number of amides is 3. The number of hydrogen-bond donors (Lipinski definition) is 1. The second-order valence-electron chi connectivity index (χ2n) is 9.84. The maximum Gasteiger partial charge on any atom is 0.230 e. The van der Waals surface area contributed by atoms with Gasteiger partial charge in [0.15, 0.2) is 0 Å². The Hall–Kier alpha value is -2.93. The summed E-state index contributed by atoms with van der Waals surface area (Å²) in [4.78, 5) is 48.0. The Bertz CT molecular complexity index is 1110. The molecule has 1 saturated heterocycles. The van der Waals surface area contributed by atoms with Gasteiger partial charge in [-0.2, -0.15) is 0 Å². The zero-order chi connectivity index (χ0) is 24.4. The highest BCUT2D eigenvalue weighted by molar-refractivity contribution is 6.30. The maximum atomic E-state index is 13.7. The van der Waals surface area contributed by atoms with Crippen LogP contribution in [0.2, 0.25) is 5.02 Å². The highest BCUT2D eigenvalue weighted by Crippen LogP contribution is 2.37. The third kappa shape index (κ3) is 5.06. The van der Waals surface area contributed by atoms with Gasteiger partial charge in [-0.3, -0.25) is 14.4 Å². The van der Waals surface area contributed by atoms with Crippen LogP contribution in [0.25, 0.3) is 0 Å². The Kier molecular flexibility index (Phi) is 7.04. The Morgan fingerprint density at radius 1 is 0.914 bits per heavy atom. The minimum atomic E-state index is -0.316. The van der Waals surface area contributed by atoms with Crippen LogP contribution in [0.4, 0.5) is 11.5 Å². The van der Waals surface area contributed by atoms with E-state index in [1.165, 1.54) is 11.8 Å². The number of likely N-dealkylation sites (tertiary alicyclic amines) is 1. The van der Waals surface area contributed by atoms with Gasteiger partial charge >= 0.3 is 0 Å². The van der Waals surface area contributed by atoms with Gasteiger partial charge in [-0.15, -0.1) is 0 Å². The van der Waals surface area contributed by atoms with Gasteiger partial charge in [-0.1, -0.05) is 42.6 Å². The predicted octanol–water partition coefficient (Wildman–Crippen LogP) is 4.31. The van der Waals surface area contributed by atoms with Crippen molar-refractivity contribution < 1.29 is 14.4 Å². The zero-order valence-electron chi connectivity index (χ0n) is 19.8. The third-order valence-electron chi connectivity index (χ3n) is 7.64. The van der Waals surface area contributed by atoms with Crippen molar-refractivity contribution >= 4 is 40.8 Å². The molecule has 3 atom stereocenters. The summed E-state index contributed by atoms with van der Waals surface area (Å²) >= 11 is 5.88. The van der Waals surface area contributed by atoms with E-state index in [0.717, 1.165) is 50.6 Å². The summed E-state index contributed by atoms with van der Waals surface area (Å²) in [5, 5.41) is 3.35. The van der Waals surface area contributed by atoms with E-state index < -0.39 is 0 Å². The van der Waals surface area contributed by atoms with Crippen LogP contribution >= 0.6 is 11.6 Å². The third-order valence-corrected chi connectivity index (χ3v) is 7.86. The number of rotatable bonds is 4. The second kappa shape index (κ2) is 10.4. The van der Waals surface area contributed by atoms with Crippen LogP contribution in [0.5, 0.6) is 0 Å². The standard InChI is InChI=1S/C27H31ClN4O3/c28-20-11-12-24(29-16-20)30-25(33)19-7-5-14-31(17-19)26(34)21-8-2-3-9-22(21)27(35)32-15-13-18-6-1-4-10-23(18)32/h1,4,6,10-12,16,19,21-22H,2-3,5,7-9,13-15,17H2,(H,29,30,33). The van der Waals surface area contributed by atoms with Crippen LogP contribution in [-0.2, 0) is 20.8 Å². The molecule has 1 aromatic carbocycles. The molecule has 2 aliphatic heterocycles. The minimum Gasteiger partial charge on any atom is -0.342 e. The lowest BCUT2D eigenvalue weighted by Gasteiger charge is -2.38. The topological polar surface area (TPSA) is 82.6 Å². The van der Waals surface area contributed by atoms with Gasteiger partial charge in [0.2, 0.25) is 17.7 Å². The Balaban J connectivity index is 1.26. The highest BCUT2D eigenvalue weighted by atomic mass is 35.5. The molecule has 7 nitrogen and oxygen atoms in total. The number of anilines is 2. The molecule has 1 aromatic heterocycles. The van der Waals surface area contributed by atoms with Gasteiger partial charge in [0, 0.05) is 37.4 Å². The number of nitrogens with zero attached hydrogens (tertiary/aromatic N) is 3. The Morgan fingerprint density at radius 3 is 2.46 bits per heavy atom. The molecule has 0 spiro atoms. The van der Waals surface area contributed by atoms with Crippen LogP contribution in [0.3, 0.4) is 0 Å². The molecule has 0 bridgehead atoms. The first-order valence-corrected chi connectivity index (χ1v) is 13.0. The number of aromatic nitrogens is 1. The van der Waals surface area contributed by atoms with E-state index in [9.17, 15) is 14.4 Å². The molecular formula is C27H31ClN4O3. The monoisotopic (exact) mass is 494 g/mol. The molecule has 1 aliphatic carbocycles. The summed E-state index contributed by atoms with van der Waals surface area (Å²) in [5.41, 5.74) is 2.18. The lowest BCUT2D eigenvalue weighted by atomic mass is 9.77. The Labute approximate surface area is 210 Å². The quantitative estimate of drug-likeness (QED) is 0.686. The van der Waals surface area contributed by atoms with E-state index >= 15 is 0 Å². The fraction of sp³-hybridized carbons (Fsp3) is 0.481. The Morgan fingerprint density at radius 2 is 1.69 bits per heavy atom. The predicted molar refractivity (Wildman–Crippen MR) is 135 cm³/mol. The smallest absolute Gasteiger partial charge is 0.230 e. The number of benzene rings is 1. The van der Waals surface area contributed by atoms with E-state index in [0.29, 0.717) is 30.5 Å². The lowest BCUT2D eigenvalue weighted by Crippen LogP contribution is -2.50. The summed E-state index contributed by atoms with van der Waals surface area (Å²) in [7, 11) is 0. The number of fused-ring (bicyclic) bond motifs is 1. The molecule has 35 heavy (non-hydrogen) atoms. The normalized spacial score (nSPS) is 24.1. The van der Waals surface area contributed by atoms with Gasteiger partial charge in [-0.05, 0) is 55.9 Å². The molecule has 1 N–H and O–H groups in total. The summed E-state index contributed by atoms with van der Waals surface area (Å²) in [6.45, 7) is 1.69. The van der Waals surface area contributed by atoms with Gasteiger partial charge < -0.3 is 15.1 Å². The van der Waals surface area contributed by atoms with Gasteiger partial charge in [-0.25, -0.2) is 4.98 Å². The summed E-state index contributed by atoms with van der Waals surface area (Å²) in [6.07, 6.45) is 7.24. The number of hydrogen-bond acceptors (Lipinski definition) is 4. The highest BCUT2D eigenvalue weighted by Gasteiger charge is 2.42. The van der Waals surface area contributed by atoms with Crippen LogP contribution in [0.1, 0.15) is 44.1 Å². The first-order valence-electron chi connectivity index (χ1n) is 12.6. The number of carbonyl (C=O) groups is 3. The maximum absolute atomic E-state index is 13.7. The van der Waals surface area contributed by atoms with Crippen molar-refractivity contribution in [2.45, 2.75) is 44.9 Å². The number of piperidine rings is 1. The molecule has 3 aliphatic rings. The molecule has 184 valence electrons. The molecule has 3 unspecified atom stereocenters. The largest absolute Gasteiger partial charge is 0.342 e. The van der Waals surface area contributed by atoms with E-state index in [4.69, 9.17) is 11.6 Å². The van der Waals surface area contributed by atoms with Gasteiger partial charge in [0.1, 0.15) is 5.82 Å². The minimum absolute atomic E-state index is 0.0256. The lowest BCUT2D eigenvalue weighted by molar-refractivity contribution is -0.145. The van der Waals surface area contributed by atoms with E-state index in [2.05, 4.69) is 16.4 Å². The number of para-hydroxylation sites is 1. The number of carbonyl (C=O) groups excluding carboxylic acids is 3. The van der Waals surface area contributed by atoms with Crippen molar-refractivity contribution in [1.29, 1.82) is 0 Å². The van der Waals surface area contributed by atoms with Crippen molar-refractivity contribution in [3.63, 3.8) is 0 Å². The van der Waals surface area contributed by atoms with Gasteiger partial charge in [0.05, 0.1) is 16.9 Å². The van der Waals surface area contributed by atoms with Crippen LogP contribution in [0, 0.1) is 17.8 Å². The van der Waals surface area contributed by atoms with E-state index in [1.807, 2.05) is 28.0 Å². The van der Waals surface area contributed by atoms with Crippen LogP contribution < -0.4 is 10.2 Å². The zero-order valence-corrected chi connectivity index (χ0v) is 20.5. The molecule has 1 saturated carbocycles. The first kappa shape index (κ1) is 23.8. The summed E-state index contributed by atoms with van der Waals surface area (Å²) in [5.74, 6) is -0.494. The molecule has 8 heteroatoms. The second-order valence-corrected chi connectivity index (χ2v) is 10.3. The molecule has 5 rings (SSSR count). The molecule has 2 fully saturated rings. The van der Waals surface area contributed by atoms with E-state index in [1.54, 1.807) is 12.1 Å². The molecule has 3 heterocycles. The first-order chi connectivity index (χ1) is 17.0. The average molecular weight is 495 g/mol. The van der Waals surface area contributed by atoms with Crippen molar-refractivity contribution in [2.24, 2.45) is 17.8 Å². The fourth-order valence-electron chi connectivity index (χ4n) is 5.79. The molecular weight excluding hydrogens is 464 g/mol. The van der Waals surface area contributed by atoms with Crippen molar-refractivity contribution in [1.82, 2.24) is 9.88 Å². The number of nitrogens with one attached hydrogen (secondary N) is 1. The fourth-order valence-corrected chi connectivity index (χ4v) is 5.91. The van der Waals surface area contributed by atoms with Gasteiger partial charge in [0.25, 0.3) is 0 Å². The summed E-state index contributed by atoms with van der Waals surface area (Å²) < 4.78 is 0. The molecule has 2 aromatic rings. The molecule has 0 radical (unpaired) electrons. The van der Waals surface area contributed by atoms with Crippen molar-refractivity contribution in [2.75, 3.05) is 29.9 Å². The molecule has 3 amide bonds.